The summed E-state index contributed by atoms with van der Waals surface area (Å²) in [5.41, 5.74) is 1.17. The molecule has 2 aromatic heterocycles. The fourth-order valence-corrected chi connectivity index (χ4v) is 2.95. The zero-order valence-electron chi connectivity index (χ0n) is 12.7. The number of nitrogens with zero attached hydrogens (tertiary/aromatic N) is 2. The second-order valence-electron chi connectivity index (χ2n) is 5.08. The van der Waals surface area contributed by atoms with Crippen LogP contribution in [0.3, 0.4) is 0 Å². The van der Waals surface area contributed by atoms with E-state index in [1.165, 1.54) is 0 Å². The normalized spacial score (nSPS) is 10.8. The number of pyridine rings is 1. The van der Waals surface area contributed by atoms with Crippen molar-refractivity contribution in [2.24, 2.45) is 0 Å². The van der Waals surface area contributed by atoms with Gasteiger partial charge in [-0.15, -0.1) is 0 Å². The number of carbonyl (C=O) groups is 2. The van der Waals surface area contributed by atoms with Gasteiger partial charge in [0, 0.05) is 24.3 Å². The lowest BCUT2D eigenvalue weighted by atomic mass is 10.1. The molecule has 0 saturated carbocycles. The van der Waals surface area contributed by atoms with Crippen molar-refractivity contribution in [2.45, 2.75) is 13.5 Å². The number of halogens is 2. The first-order valence-electron chi connectivity index (χ1n) is 7.26. The van der Waals surface area contributed by atoms with Gasteiger partial charge in [0.15, 0.2) is 0 Å². The highest BCUT2D eigenvalue weighted by molar-refractivity contribution is 6.50. The van der Waals surface area contributed by atoms with Crippen molar-refractivity contribution < 1.29 is 9.59 Å². The summed E-state index contributed by atoms with van der Waals surface area (Å²) in [7, 11) is 0. The molecule has 1 amide bonds. The lowest BCUT2D eigenvalue weighted by Crippen LogP contribution is -2.23. The van der Waals surface area contributed by atoms with E-state index in [0.717, 1.165) is 0 Å². The maximum absolute atomic E-state index is 12.6. The lowest BCUT2D eigenvalue weighted by Gasteiger charge is -2.08. The standard InChI is InChI=1S/C17H13Cl2N3O2/c1-2-22-9-11(10-5-4-8-20-16(10)22)15(23)17(24)21-14-12(18)6-3-7-13(14)19/h3-9H,2H2,1H3,(H,21,24). The van der Waals surface area contributed by atoms with E-state index in [-0.39, 0.29) is 15.7 Å². The molecule has 1 aromatic carbocycles. The van der Waals surface area contributed by atoms with Crippen molar-refractivity contribution >= 4 is 51.6 Å². The molecule has 0 radical (unpaired) electrons. The predicted octanol–water partition coefficient (Wildman–Crippen LogP) is 4.18. The molecule has 0 atom stereocenters. The number of ketones is 1. The van der Waals surface area contributed by atoms with Crippen LogP contribution in [0.5, 0.6) is 0 Å². The highest BCUT2D eigenvalue weighted by atomic mass is 35.5. The number of hydrogen-bond acceptors (Lipinski definition) is 3. The molecule has 1 N–H and O–H groups in total. The van der Waals surface area contributed by atoms with Gasteiger partial charge in [-0.3, -0.25) is 9.59 Å². The minimum Gasteiger partial charge on any atom is -0.332 e. The van der Waals surface area contributed by atoms with Crippen molar-refractivity contribution in [3.63, 3.8) is 0 Å². The number of Topliss-reactive ketones (excluding diaryl/α,β-unsaturated/α-hetero) is 1. The van der Waals surface area contributed by atoms with Crippen LogP contribution in [-0.4, -0.2) is 21.2 Å². The number of fused-ring (bicyclic) bond motifs is 1. The molecular formula is C17H13Cl2N3O2. The molecule has 0 aliphatic rings. The third kappa shape index (κ3) is 2.88. The van der Waals surface area contributed by atoms with Crippen LogP contribution in [0.25, 0.3) is 11.0 Å². The maximum Gasteiger partial charge on any atom is 0.296 e. The minimum absolute atomic E-state index is 0.219. The van der Waals surface area contributed by atoms with Crippen LogP contribution in [0.1, 0.15) is 17.3 Å². The summed E-state index contributed by atoms with van der Waals surface area (Å²) >= 11 is 12.0. The summed E-state index contributed by atoms with van der Waals surface area (Å²) in [6.07, 6.45) is 3.28. The average Bonchev–Trinajstić information content (AvgIpc) is 2.96. The van der Waals surface area contributed by atoms with Crippen molar-refractivity contribution in [1.82, 2.24) is 9.55 Å². The van der Waals surface area contributed by atoms with E-state index < -0.39 is 11.7 Å². The van der Waals surface area contributed by atoms with Gasteiger partial charge in [0.2, 0.25) is 0 Å². The number of para-hydroxylation sites is 1. The Morgan fingerprint density at radius 2 is 1.88 bits per heavy atom. The molecule has 0 aliphatic heterocycles. The molecule has 0 unspecified atom stereocenters. The number of amides is 1. The summed E-state index contributed by atoms with van der Waals surface area (Å²) in [6.45, 7) is 2.57. The van der Waals surface area contributed by atoms with Gasteiger partial charge < -0.3 is 9.88 Å². The summed E-state index contributed by atoms with van der Waals surface area (Å²) in [6, 6.07) is 8.31. The van der Waals surface area contributed by atoms with Gasteiger partial charge in [-0.05, 0) is 31.2 Å². The van der Waals surface area contributed by atoms with Crippen LogP contribution in [0, 0.1) is 0 Å². The van der Waals surface area contributed by atoms with Gasteiger partial charge in [0.25, 0.3) is 11.7 Å². The number of nitrogens with one attached hydrogen (secondary N) is 1. The number of anilines is 1. The quantitative estimate of drug-likeness (QED) is 0.559. The molecule has 2 heterocycles. The number of aryl methyl sites for hydroxylation is 1. The fourth-order valence-electron chi connectivity index (χ4n) is 2.45. The van der Waals surface area contributed by atoms with Crippen LogP contribution in [0.15, 0.2) is 42.7 Å². The van der Waals surface area contributed by atoms with E-state index in [1.54, 1.807) is 42.7 Å². The predicted molar refractivity (Wildman–Crippen MR) is 94.8 cm³/mol. The van der Waals surface area contributed by atoms with Crippen LogP contribution >= 0.6 is 23.2 Å². The van der Waals surface area contributed by atoms with Crippen molar-refractivity contribution in [2.75, 3.05) is 5.32 Å². The zero-order chi connectivity index (χ0) is 17.3. The van der Waals surface area contributed by atoms with Crippen molar-refractivity contribution in [3.05, 3.63) is 58.3 Å². The number of benzene rings is 1. The number of aromatic nitrogens is 2. The second-order valence-corrected chi connectivity index (χ2v) is 5.90. The fraction of sp³-hybridized carbons (Fsp3) is 0.118. The molecule has 3 aromatic rings. The van der Waals surface area contributed by atoms with Crippen molar-refractivity contribution in [1.29, 1.82) is 0 Å². The Balaban J connectivity index is 1.96. The molecule has 0 saturated heterocycles. The highest BCUT2D eigenvalue weighted by Crippen LogP contribution is 2.30. The first kappa shape index (κ1) is 16.5. The first-order valence-corrected chi connectivity index (χ1v) is 8.02. The SMILES string of the molecule is CCn1cc(C(=O)C(=O)Nc2c(Cl)cccc2Cl)c2cccnc21. The first-order chi connectivity index (χ1) is 11.5. The van der Waals surface area contributed by atoms with Crippen LogP contribution in [0.2, 0.25) is 10.0 Å². The smallest absolute Gasteiger partial charge is 0.296 e. The van der Waals surface area contributed by atoms with Crippen molar-refractivity contribution in [3.8, 4) is 0 Å². The molecule has 0 aliphatic carbocycles. The Hall–Kier alpha value is -2.37. The van der Waals surface area contributed by atoms with Gasteiger partial charge >= 0.3 is 0 Å². The lowest BCUT2D eigenvalue weighted by molar-refractivity contribution is -0.112. The zero-order valence-corrected chi connectivity index (χ0v) is 14.2. The largest absolute Gasteiger partial charge is 0.332 e. The highest BCUT2D eigenvalue weighted by Gasteiger charge is 2.23. The molecule has 0 spiro atoms. The van der Waals surface area contributed by atoms with Gasteiger partial charge in [-0.2, -0.15) is 0 Å². The van der Waals surface area contributed by atoms with Crippen LogP contribution < -0.4 is 5.32 Å². The summed E-state index contributed by atoms with van der Waals surface area (Å²) < 4.78 is 1.82. The molecule has 0 bridgehead atoms. The molecular weight excluding hydrogens is 349 g/mol. The van der Waals surface area contributed by atoms with Gasteiger partial charge in [-0.1, -0.05) is 29.3 Å². The van der Waals surface area contributed by atoms with Gasteiger partial charge in [0.05, 0.1) is 21.3 Å². The summed E-state index contributed by atoms with van der Waals surface area (Å²) in [4.78, 5) is 29.2. The van der Waals surface area contributed by atoms with Gasteiger partial charge in [-0.25, -0.2) is 4.98 Å². The number of rotatable bonds is 4. The summed E-state index contributed by atoms with van der Waals surface area (Å²) in [5.74, 6) is -1.47. The molecule has 122 valence electrons. The Morgan fingerprint density at radius 3 is 2.54 bits per heavy atom. The third-order valence-electron chi connectivity index (χ3n) is 3.63. The van der Waals surface area contributed by atoms with Crippen LogP contribution in [0.4, 0.5) is 5.69 Å². The Kier molecular flexibility index (Phi) is 4.55. The van der Waals surface area contributed by atoms with E-state index in [4.69, 9.17) is 23.2 Å². The van der Waals surface area contributed by atoms with E-state index in [2.05, 4.69) is 10.3 Å². The number of carbonyl (C=O) groups excluding carboxylic acids is 2. The van der Waals surface area contributed by atoms with E-state index >= 15 is 0 Å². The molecule has 24 heavy (non-hydrogen) atoms. The third-order valence-corrected chi connectivity index (χ3v) is 4.26. The maximum atomic E-state index is 12.6. The Labute approximate surface area is 148 Å². The minimum atomic E-state index is -0.802. The molecule has 3 rings (SSSR count). The van der Waals surface area contributed by atoms with Crippen LogP contribution in [-0.2, 0) is 11.3 Å². The van der Waals surface area contributed by atoms with E-state index in [0.29, 0.717) is 23.1 Å². The number of hydrogen-bond donors (Lipinski definition) is 1. The topological polar surface area (TPSA) is 64.0 Å². The van der Waals surface area contributed by atoms with E-state index in [9.17, 15) is 9.59 Å². The molecule has 7 heteroatoms. The Morgan fingerprint density at radius 1 is 1.17 bits per heavy atom. The monoisotopic (exact) mass is 361 g/mol. The Bertz CT molecular complexity index is 930. The van der Waals surface area contributed by atoms with E-state index in [1.807, 2.05) is 11.5 Å². The second kappa shape index (κ2) is 6.63. The average molecular weight is 362 g/mol. The molecule has 0 fully saturated rings. The summed E-state index contributed by atoms with van der Waals surface area (Å²) in [5, 5.41) is 3.65. The van der Waals surface area contributed by atoms with Gasteiger partial charge in [0.1, 0.15) is 5.65 Å². The molecule has 5 nitrogen and oxygen atoms in total.